The Morgan fingerprint density at radius 2 is 2.00 bits per heavy atom. The number of carbonyl (C=O) groups is 2. The van der Waals surface area contributed by atoms with Crippen LogP contribution in [0.4, 0.5) is 4.39 Å². The second kappa shape index (κ2) is 8.31. The highest BCUT2D eigenvalue weighted by molar-refractivity contribution is 5.97. The van der Waals surface area contributed by atoms with E-state index >= 15 is 0 Å². The molecule has 1 N–H and O–H groups in total. The number of carbonyl (C=O) groups excluding carboxylic acids is 2. The molecule has 0 unspecified atom stereocenters. The number of hydrogen-bond donors (Lipinski definition) is 1. The van der Waals surface area contributed by atoms with Crippen LogP contribution >= 0.6 is 0 Å². The minimum Gasteiger partial charge on any atom is -0.340 e. The van der Waals surface area contributed by atoms with Crippen molar-refractivity contribution in [1.82, 2.24) is 25.1 Å². The van der Waals surface area contributed by atoms with Gasteiger partial charge in [-0.15, -0.1) is 0 Å². The van der Waals surface area contributed by atoms with Crippen molar-refractivity contribution in [1.29, 1.82) is 0 Å². The number of ketones is 1. The molecular formula is C19H18FN5O2. The molecule has 3 aromatic rings. The van der Waals surface area contributed by atoms with Crippen molar-refractivity contribution >= 4 is 11.7 Å². The second-order valence-corrected chi connectivity index (χ2v) is 5.96. The number of nitrogens with zero attached hydrogens (tertiary/aromatic N) is 4. The number of halogens is 1. The second-order valence-electron chi connectivity index (χ2n) is 5.96. The zero-order chi connectivity index (χ0) is 19.2. The number of hydrogen-bond acceptors (Lipinski definition) is 5. The molecule has 2 aromatic heterocycles. The zero-order valence-corrected chi connectivity index (χ0v) is 14.7. The van der Waals surface area contributed by atoms with E-state index < -0.39 is 24.4 Å². The van der Waals surface area contributed by atoms with Crippen LogP contribution in [-0.4, -0.2) is 44.2 Å². The zero-order valence-electron chi connectivity index (χ0n) is 14.7. The molecule has 0 radical (unpaired) electrons. The fraction of sp³-hybridized carbons (Fsp3) is 0.211. The van der Waals surface area contributed by atoms with Gasteiger partial charge in [0.2, 0.25) is 0 Å². The first-order valence-corrected chi connectivity index (χ1v) is 8.35. The predicted octanol–water partition coefficient (Wildman–Crippen LogP) is 1.85. The lowest BCUT2D eigenvalue weighted by Gasteiger charge is -2.17. The standard InChI is InChI=1S/C19H18FN5O2/c1-13-9-16(25(24-13)18-12-21-7-8-22-18)19(27)23-15(17(26)11-20)10-14-5-3-2-4-6-14/h2-9,12,15H,10-11H2,1H3,(H,23,27)/t15-/m0/s1. The van der Waals surface area contributed by atoms with Crippen molar-refractivity contribution in [3.8, 4) is 5.82 Å². The average Bonchev–Trinajstić information content (AvgIpc) is 3.10. The van der Waals surface area contributed by atoms with Gasteiger partial charge in [-0.25, -0.2) is 14.1 Å². The summed E-state index contributed by atoms with van der Waals surface area (Å²) in [6.45, 7) is 0.581. The van der Waals surface area contributed by atoms with E-state index in [9.17, 15) is 14.0 Å². The van der Waals surface area contributed by atoms with Crippen molar-refractivity contribution < 1.29 is 14.0 Å². The molecule has 1 amide bonds. The Hall–Kier alpha value is -3.42. The van der Waals surface area contributed by atoms with Gasteiger partial charge < -0.3 is 5.32 Å². The Morgan fingerprint density at radius 3 is 2.67 bits per heavy atom. The summed E-state index contributed by atoms with van der Waals surface area (Å²) in [5.41, 5.74) is 1.61. The van der Waals surface area contributed by atoms with E-state index in [2.05, 4.69) is 20.4 Å². The van der Waals surface area contributed by atoms with E-state index in [0.717, 1.165) is 5.56 Å². The van der Waals surface area contributed by atoms with E-state index in [1.807, 2.05) is 30.3 Å². The number of aryl methyl sites for hydroxylation is 1. The van der Waals surface area contributed by atoms with Crippen LogP contribution in [-0.2, 0) is 11.2 Å². The van der Waals surface area contributed by atoms with Crippen molar-refractivity contribution in [2.24, 2.45) is 0 Å². The summed E-state index contributed by atoms with van der Waals surface area (Å²) >= 11 is 0. The fourth-order valence-electron chi connectivity index (χ4n) is 2.66. The van der Waals surface area contributed by atoms with Crippen molar-refractivity contribution in [2.75, 3.05) is 6.67 Å². The molecule has 0 saturated carbocycles. The number of benzene rings is 1. The molecule has 8 heteroatoms. The Kier molecular flexibility index (Phi) is 5.65. The molecular weight excluding hydrogens is 349 g/mol. The highest BCUT2D eigenvalue weighted by Crippen LogP contribution is 2.11. The van der Waals surface area contributed by atoms with Gasteiger partial charge in [-0.1, -0.05) is 30.3 Å². The topological polar surface area (TPSA) is 89.8 Å². The molecule has 0 fully saturated rings. The molecule has 0 aliphatic heterocycles. The van der Waals surface area contributed by atoms with E-state index in [0.29, 0.717) is 11.5 Å². The first-order chi connectivity index (χ1) is 13.1. The minimum absolute atomic E-state index is 0.192. The lowest BCUT2D eigenvalue weighted by molar-refractivity contribution is -0.121. The summed E-state index contributed by atoms with van der Waals surface area (Å²) in [6.07, 6.45) is 4.67. The third kappa shape index (κ3) is 4.41. The van der Waals surface area contributed by atoms with Gasteiger partial charge >= 0.3 is 0 Å². The Labute approximate surface area is 155 Å². The van der Waals surface area contributed by atoms with Crippen LogP contribution in [0.15, 0.2) is 55.0 Å². The quantitative estimate of drug-likeness (QED) is 0.688. The third-order valence-electron chi connectivity index (χ3n) is 3.94. The molecule has 138 valence electrons. The number of rotatable bonds is 7. The molecule has 0 spiro atoms. The van der Waals surface area contributed by atoms with Crippen molar-refractivity contribution in [2.45, 2.75) is 19.4 Å². The van der Waals surface area contributed by atoms with Gasteiger partial charge in [-0.05, 0) is 25.0 Å². The maximum absolute atomic E-state index is 13.0. The lowest BCUT2D eigenvalue weighted by atomic mass is 10.0. The predicted molar refractivity (Wildman–Crippen MR) is 96.3 cm³/mol. The smallest absolute Gasteiger partial charge is 0.270 e. The molecule has 0 saturated heterocycles. The summed E-state index contributed by atoms with van der Waals surface area (Å²) in [5.74, 6) is -0.856. The highest BCUT2D eigenvalue weighted by Gasteiger charge is 2.24. The molecule has 0 bridgehead atoms. The Balaban J connectivity index is 1.85. The molecule has 1 aromatic carbocycles. The van der Waals surface area contributed by atoms with Crippen LogP contribution in [0.1, 0.15) is 21.7 Å². The van der Waals surface area contributed by atoms with Gasteiger partial charge in [-0.2, -0.15) is 5.10 Å². The monoisotopic (exact) mass is 367 g/mol. The van der Waals surface area contributed by atoms with Gasteiger partial charge in [0.05, 0.1) is 17.9 Å². The van der Waals surface area contributed by atoms with Crippen molar-refractivity contribution in [3.63, 3.8) is 0 Å². The molecule has 27 heavy (non-hydrogen) atoms. The summed E-state index contributed by atoms with van der Waals surface area (Å²) in [4.78, 5) is 32.9. The summed E-state index contributed by atoms with van der Waals surface area (Å²) in [6, 6.07) is 9.72. The van der Waals surface area contributed by atoms with Crippen LogP contribution in [0, 0.1) is 6.92 Å². The van der Waals surface area contributed by atoms with Crippen LogP contribution in [0.25, 0.3) is 5.82 Å². The lowest BCUT2D eigenvalue weighted by Crippen LogP contribution is -2.43. The van der Waals surface area contributed by atoms with Crippen molar-refractivity contribution in [3.05, 3.63) is 71.9 Å². The van der Waals surface area contributed by atoms with Gasteiger partial charge in [0.25, 0.3) is 5.91 Å². The maximum atomic E-state index is 13.0. The number of amides is 1. The number of Topliss-reactive ketones (excluding diaryl/α,β-unsaturated/α-hetero) is 1. The fourth-order valence-corrected chi connectivity index (χ4v) is 2.66. The van der Waals surface area contributed by atoms with Crippen LogP contribution in [0.5, 0.6) is 0 Å². The first kappa shape index (κ1) is 18.4. The number of alkyl halides is 1. The van der Waals surface area contributed by atoms with Gasteiger partial charge in [0, 0.05) is 12.4 Å². The average molecular weight is 367 g/mol. The summed E-state index contributed by atoms with van der Waals surface area (Å²) in [7, 11) is 0. The van der Waals surface area contributed by atoms with Crippen LogP contribution < -0.4 is 5.32 Å². The normalized spacial score (nSPS) is 11.8. The van der Waals surface area contributed by atoms with Crippen LogP contribution in [0.2, 0.25) is 0 Å². The van der Waals surface area contributed by atoms with Gasteiger partial charge in [0.1, 0.15) is 12.4 Å². The molecule has 2 heterocycles. The largest absolute Gasteiger partial charge is 0.340 e. The van der Waals surface area contributed by atoms with Crippen LogP contribution in [0.3, 0.4) is 0 Å². The highest BCUT2D eigenvalue weighted by atomic mass is 19.1. The SMILES string of the molecule is Cc1cc(C(=O)N[C@@H](Cc2ccccc2)C(=O)CF)n(-c2cnccn2)n1. The van der Waals surface area contributed by atoms with E-state index in [-0.39, 0.29) is 12.1 Å². The molecule has 3 rings (SSSR count). The van der Waals surface area contributed by atoms with E-state index in [1.165, 1.54) is 23.3 Å². The van der Waals surface area contributed by atoms with E-state index in [4.69, 9.17) is 0 Å². The first-order valence-electron chi connectivity index (χ1n) is 8.35. The van der Waals surface area contributed by atoms with Gasteiger partial charge in [0.15, 0.2) is 11.6 Å². The molecule has 0 aliphatic rings. The van der Waals surface area contributed by atoms with Gasteiger partial charge in [-0.3, -0.25) is 14.6 Å². The summed E-state index contributed by atoms with van der Waals surface area (Å²) in [5, 5.41) is 6.87. The third-order valence-corrected chi connectivity index (χ3v) is 3.94. The Bertz CT molecular complexity index is 928. The molecule has 0 aliphatic carbocycles. The Morgan fingerprint density at radius 1 is 1.22 bits per heavy atom. The molecule has 7 nitrogen and oxygen atoms in total. The molecule has 1 atom stereocenters. The van der Waals surface area contributed by atoms with E-state index in [1.54, 1.807) is 13.0 Å². The number of nitrogens with one attached hydrogen (secondary N) is 1. The maximum Gasteiger partial charge on any atom is 0.270 e. The summed E-state index contributed by atoms with van der Waals surface area (Å²) < 4.78 is 14.3. The number of aromatic nitrogens is 4. The minimum atomic E-state index is -1.15.